The SMILES string of the molecule is CCCNC(=O)[C@H](C)N(Cc1ccccc1)C(=O)CN(c1ccccc1OCC)S(=O)(=O)c1ccccc1. The summed E-state index contributed by atoms with van der Waals surface area (Å²) in [6, 6.07) is 23.1. The molecule has 3 aromatic rings. The van der Waals surface area contributed by atoms with E-state index in [1.54, 1.807) is 56.3 Å². The van der Waals surface area contributed by atoms with Gasteiger partial charge in [-0.25, -0.2) is 8.42 Å². The smallest absolute Gasteiger partial charge is 0.264 e. The van der Waals surface area contributed by atoms with E-state index >= 15 is 0 Å². The van der Waals surface area contributed by atoms with E-state index in [1.165, 1.54) is 17.0 Å². The van der Waals surface area contributed by atoms with Crippen LogP contribution in [0.1, 0.15) is 32.8 Å². The van der Waals surface area contributed by atoms with E-state index in [-0.39, 0.29) is 23.0 Å². The third kappa shape index (κ3) is 7.13. The predicted molar refractivity (Wildman–Crippen MR) is 148 cm³/mol. The summed E-state index contributed by atoms with van der Waals surface area (Å²) in [6.07, 6.45) is 0.752. The summed E-state index contributed by atoms with van der Waals surface area (Å²) in [5, 5.41) is 2.84. The fourth-order valence-electron chi connectivity index (χ4n) is 3.93. The van der Waals surface area contributed by atoms with E-state index in [9.17, 15) is 18.0 Å². The molecule has 0 aliphatic heterocycles. The number of amides is 2. The second kappa shape index (κ2) is 13.6. The predicted octanol–water partition coefficient (Wildman–Crippen LogP) is 4.22. The normalized spacial score (nSPS) is 11.9. The van der Waals surface area contributed by atoms with Crippen molar-refractivity contribution in [3.05, 3.63) is 90.5 Å². The summed E-state index contributed by atoms with van der Waals surface area (Å²) < 4.78 is 34.5. The molecule has 0 bridgehead atoms. The Kier molecular flexibility index (Phi) is 10.3. The average Bonchev–Trinajstić information content (AvgIpc) is 2.94. The Hall–Kier alpha value is -3.85. The molecule has 0 aromatic heterocycles. The van der Waals surface area contributed by atoms with E-state index in [1.807, 2.05) is 37.3 Å². The van der Waals surface area contributed by atoms with E-state index < -0.39 is 28.5 Å². The van der Waals surface area contributed by atoms with Gasteiger partial charge in [0.1, 0.15) is 18.3 Å². The summed E-state index contributed by atoms with van der Waals surface area (Å²) in [7, 11) is -4.15. The highest BCUT2D eigenvalue weighted by Gasteiger charge is 2.33. The lowest BCUT2D eigenvalue weighted by atomic mass is 10.1. The Bertz CT molecular complexity index is 1300. The van der Waals surface area contributed by atoms with Crippen LogP contribution in [0.4, 0.5) is 5.69 Å². The van der Waals surface area contributed by atoms with Gasteiger partial charge in [-0.2, -0.15) is 0 Å². The van der Waals surface area contributed by atoms with Crippen molar-refractivity contribution in [1.29, 1.82) is 0 Å². The molecule has 0 fully saturated rings. The fraction of sp³-hybridized carbons (Fsp3) is 0.310. The van der Waals surface area contributed by atoms with Crippen LogP contribution in [-0.2, 0) is 26.2 Å². The number of hydrogen-bond donors (Lipinski definition) is 1. The highest BCUT2D eigenvalue weighted by Crippen LogP contribution is 2.32. The third-order valence-corrected chi connectivity index (χ3v) is 7.73. The summed E-state index contributed by atoms with van der Waals surface area (Å²) in [5.41, 5.74) is 1.07. The molecule has 38 heavy (non-hydrogen) atoms. The van der Waals surface area contributed by atoms with Crippen LogP contribution in [0.15, 0.2) is 89.8 Å². The molecule has 0 aliphatic carbocycles. The molecule has 0 saturated carbocycles. The topological polar surface area (TPSA) is 96.0 Å². The van der Waals surface area contributed by atoms with Crippen LogP contribution < -0.4 is 14.4 Å². The highest BCUT2D eigenvalue weighted by molar-refractivity contribution is 7.92. The van der Waals surface area contributed by atoms with E-state index in [0.717, 1.165) is 16.3 Å². The van der Waals surface area contributed by atoms with Gasteiger partial charge in [0.15, 0.2) is 0 Å². The van der Waals surface area contributed by atoms with Crippen molar-refractivity contribution in [1.82, 2.24) is 10.2 Å². The Morgan fingerprint density at radius 1 is 0.895 bits per heavy atom. The number of sulfonamides is 1. The monoisotopic (exact) mass is 537 g/mol. The molecule has 3 rings (SSSR count). The minimum absolute atomic E-state index is 0.0439. The maximum atomic E-state index is 13.9. The number of nitrogens with one attached hydrogen (secondary N) is 1. The molecular formula is C29H35N3O5S. The van der Waals surface area contributed by atoms with Gasteiger partial charge < -0.3 is 15.0 Å². The number of ether oxygens (including phenoxy) is 1. The zero-order chi connectivity index (χ0) is 27.5. The summed E-state index contributed by atoms with van der Waals surface area (Å²) in [4.78, 5) is 28.2. The minimum atomic E-state index is -4.15. The first-order valence-corrected chi connectivity index (χ1v) is 14.1. The Morgan fingerprint density at radius 3 is 2.13 bits per heavy atom. The van der Waals surface area contributed by atoms with Crippen molar-refractivity contribution in [2.75, 3.05) is 24.0 Å². The summed E-state index contributed by atoms with van der Waals surface area (Å²) in [6.45, 7) is 5.82. The maximum Gasteiger partial charge on any atom is 0.264 e. The molecule has 9 heteroatoms. The zero-order valence-electron chi connectivity index (χ0n) is 22.0. The molecule has 2 amide bonds. The van der Waals surface area contributed by atoms with Gasteiger partial charge >= 0.3 is 0 Å². The van der Waals surface area contributed by atoms with Gasteiger partial charge in [0.05, 0.1) is 17.2 Å². The Labute approximate surface area is 225 Å². The van der Waals surface area contributed by atoms with Gasteiger partial charge in [0, 0.05) is 13.1 Å². The van der Waals surface area contributed by atoms with Gasteiger partial charge in [-0.1, -0.05) is 67.6 Å². The van der Waals surface area contributed by atoms with Gasteiger partial charge in [0.25, 0.3) is 10.0 Å². The molecule has 0 aliphatic rings. The van der Waals surface area contributed by atoms with Crippen molar-refractivity contribution in [2.24, 2.45) is 0 Å². The number of carbonyl (C=O) groups excluding carboxylic acids is 2. The van der Waals surface area contributed by atoms with Gasteiger partial charge in [0.2, 0.25) is 11.8 Å². The quantitative estimate of drug-likeness (QED) is 0.352. The van der Waals surface area contributed by atoms with Crippen LogP contribution in [-0.4, -0.2) is 50.9 Å². The van der Waals surface area contributed by atoms with Crippen molar-refractivity contribution in [2.45, 2.75) is 44.7 Å². The van der Waals surface area contributed by atoms with Crippen LogP contribution in [0.5, 0.6) is 5.75 Å². The molecule has 1 atom stereocenters. The standard InChI is InChI=1S/C29H35N3O5S/c1-4-20-30-29(34)23(3)31(21-24-14-8-6-9-15-24)28(33)22-32(26-18-12-13-19-27(26)37-5-2)38(35,36)25-16-10-7-11-17-25/h6-19,23H,4-5,20-22H2,1-3H3,(H,30,34)/t23-/m0/s1. The zero-order valence-corrected chi connectivity index (χ0v) is 22.9. The van der Waals surface area contributed by atoms with Crippen LogP contribution in [0, 0.1) is 0 Å². The van der Waals surface area contributed by atoms with E-state index in [4.69, 9.17) is 4.74 Å². The molecule has 0 unspecified atom stereocenters. The number of carbonyl (C=O) groups is 2. The lowest BCUT2D eigenvalue weighted by Gasteiger charge is -2.32. The molecule has 0 spiro atoms. The number of rotatable bonds is 13. The number of benzene rings is 3. The van der Waals surface area contributed by atoms with Crippen LogP contribution in [0.2, 0.25) is 0 Å². The Morgan fingerprint density at radius 2 is 1.50 bits per heavy atom. The Balaban J connectivity index is 2.04. The fourth-order valence-corrected chi connectivity index (χ4v) is 5.38. The molecule has 8 nitrogen and oxygen atoms in total. The molecule has 3 aromatic carbocycles. The molecule has 202 valence electrons. The molecular weight excluding hydrogens is 502 g/mol. The van der Waals surface area contributed by atoms with Crippen molar-refractivity contribution >= 4 is 27.5 Å². The van der Waals surface area contributed by atoms with Gasteiger partial charge in [-0.05, 0) is 50.1 Å². The average molecular weight is 538 g/mol. The highest BCUT2D eigenvalue weighted by atomic mass is 32.2. The van der Waals surface area contributed by atoms with Crippen LogP contribution >= 0.6 is 0 Å². The van der Waals surface area contributed by atoms with E-state index in [0.29, 0.717) is 18.9 Å². The number of anilines is 1. The minimum Gasteiger partial charge on any atom is -0.492 e. The number of nitrogens with zero attached hydrogens (tertiary/aromatic N) is 2. The summed E-state index contributed by atoms with van der Waals surface area (Å²) in [5.74, 6) is -0.479. The van der Waals surface area contributed by atoms with Gasteiger partial charge in [-0.3, -0.25) is 13.9 Å². The van der Waals surface area contributed by atoms with Crippen molar-refractivity contribution in [3.63, 3.8) is 0 Å². The molecule has 0 saturated heterocycles. The lowest BCUT2D eigenvalue weighted by Crippen LogP contribution is -2.51. The van der Waals surface area contributed by atoms with Crippen LogP contribution in [0.25, 0.3) is 0 Å². The first-order chi connectivity index (χ1) is 18.3. The maximum absolute atomic E-state index is 13.9. The molecule has 0 radical (unpaired) electrons. The van der Waals surface area contributed by atoms with E-state index in [2.05, 4.69) is 5.32 Å². The van der Waals surface area contributed by atoms with Gasteiger partial charge in [-0.15, -0.1) is 0 Å². The second-order valence-corrected chi connectivity index (χ2v) is 10.6. The molecule has 1 N–H and O–H groups in total. The lowest BCUT2D eigenvalue weighted by molar-refractivity contribution is -0.139. The number of hydrogen-bond acceptors (Lipinski definition) is 5. The van der Waals surface area contributed by atoms with Crippen molar-refractivity contribution in [3.8, 4) is 5.75 Å². The molecule has 0 heterocycles. The number of para-hydroxylation sites is 2. The largest absolute Gasteiger partial charge is 0.492 e. The summed E-state index contributed by atoms with van der Waals surface area (Å²) >= 11 is 0. The second-order valence-electron chi connectivity index (χ2n) is 8.70. The first kappa shape index (κ1) is 28.7. The van der Waals surface area contributed by atoms with Crippen molar-refractivity contribution < 1.29 is 22.7 Å². The third-order valence-electron chi connectivity index (χ3n) is 5.96. The van der Waals surface area contributed by atoms with Crippen LogP contribution in [0.3, 0.4) is 0 Å². The first-order valence-electron chi connectivity index (χ1n) is 12.7.